The second-order valence-corrected chi connectivity index (χ2v) is 8.07. The molecule has 1 aromatic heterocycles. The van der Waals surface area contributed by atoms with Crippen LogP contribution in [0.5, 0.6) is 0 Å². The van der Waals surface area contributed by atoms with Gasteiger partial charge in [0.05, 0.1) is 29.7 Å². The molecule has 2 heterocycles. The molecular formula is C20H30N4O3. The minimum absolute atomic E-state index is 0.00471. The average Bonchev–Trinajstić information content (AvgIpc) is 3.15. The van der Waals surface area contributed by atoms with Gasteiger partial charge in [-0.25, -0.2) is 4.79 Å². The summed E-state index contributed by atoms with van der Waals surface area (Å²) in [5, 5.41) is 9.89. The van der Waals surface area contributed by atoms with E-state index in [0.717, 1.165) is 36.0 Å². The molecule has 1 saturated heterocycles. The number of aryl methyl sites for hydroxylation is 1. The first-order valence-electron chi connectivity index (χ1n) is 9.61. The predicted molar refractivity (Wildman–Crippen MR) is 105 cm³/mol. The molecule has 1 aliphatic heterocycles. The molecule has 2 atom stereocenters. The second-order valence-electron chi connectivity index (χ2n) is 8.07. The van der Waals surface area contributed by atoms with Gasteiger partial charge in [-0.3, -0.25) is 14.3 Å². The summed E-state index contributed by atoms with van der Waals surface area (Å²) in [6.45, 7) is 5.73. The number of imidazole rings is 1. The lowest BCUT2D eigenvalue weighted by molar-refractivity contribution is -0.135. The minimum atomic E-state index is -0.305. The van der Waals surface area contributed by atoms with Gasteiger partial charge in [-0.2, -0.15) is 0 Å². The lowest BCUT2D eigenvalue weighted by Crippen LogP contribution is -2.49. The van der Waals surface area contributed by atoms with Gasteiger partial charge in [-0.05, 0) is 36.5 Å². The first-order chi connectivity index (χ1) is 12.8. The fourth-order valence-corrected chi connectivity index (χ4v) is 3.87. The molecule has 1 unspecified atom stereocenters. The van der Waals surface area contributed by atoms with Crippen molar-refractivity contribution in [2.75, 3.05) is 20.1 Å². The van der Waals surface area contributed by atoms with Gasteiger partial charge >= 0.3 is 5.69 Å². The standard InChI is InChI=1S/C20H30N4O3/c1-13(2)9-18(24-8-7-15(25)12-24)23(4)19(26)11-14-5-6-17-16(10-14)21-20(27)22(17)3/h5-6,10,13,15,18,25H,7-9,11-12H2,1-4H3,(H,21,27)/t15-,18?/m0/s1. The Morgan fingerprint density at radius 2 is 2.15 bits per heavy atom. The van der Waals surface area contributed by atoms with Gasteiger partial charge in [0.2, 0.25) is 5.91 Å². The number of rotatable bonds is 6. The van der Waals surface area contributed by atoms with E-state index in [9.17, 15) is 14.7 Å². The van der Waals surface area contributed by atoms with Crippen LogP contribution >= 0.6 is 0 Å². The number of aliphatic hydroxyl groups excluding tert-OH is 1. The molecule has 2 N–H and O–H groups in total. The van der Waals surface area contributed by atoms with Gasteiger partial charge < -0.3 is 15.0 Å². The molecule has 27 heavy (non-hydrogen) atoms. The number of amides is 1. The summed E-state index contributed by atoms with van der Waals surface area (Å²) in [5.41, 5.74) is 2.30. The highest BCUT2D eigenvalue weighted by Crippen LogP contribution is 2.21. The highest BCUT2D eigenvalue weighted by molar-refractivity contribution is 5.82. The van der Waals surface area contributed by atoms with E-state index in [1.807, 2.05) is 30.1 Å². The summed E-state index contributed by atoms with van der Waals surface area (Å²) in [5.74, 6) is 0.494. The normalized spacial score (nSPS) is 19.1. The number of nitrogens with zero attached hydrogens (tertiary/aromatic N) is 3. The number of fused-ring (bicyclic) bond motifs is 1. The Balaban J connectivity index is 1.75. The molecule has 1 fully saturated rings. The third-order valence-electron chi connectivity index (χ3n) is 5.46. The van der Waals surface area contributed by atoms with Gasteiger partial charge in [0, 0.05) is 27.2 Å². The number of likely N-dealkylation sites (N-methyl/N-ethyl adjacent to an activating group) is 1. The van der Waals surface area contributed by atoms with Crippen LogP contribution in [0.4, 0.5) is 0 Å². The van der Waals surface area contributed by atoms with Crippen molar-refractivity contribution in [1.29, 1.82) is 0 Å². The van der Waals surface area contributed by atoms with Crippen molar-refractivity contribution in [3.8, 4) is 0 Å². The Hall–Kier alpha value is -2.12. The highest BCUT2D eigenvalue weighted by atomic mass is 16.3. The minimum Gasteiger partial charge on any atom is -0.392 e. The number of likely N-dealkylation sites (tertiary alicyclic amines) is 1. The molecule has 0 radical (unpaired) electrons. The van der Waals surface area contributed by atoms with E-state index in [1.54, 1.807) is 11.6 Å². The number of aromatic amines is 1. The average molecular weight is 374 g/mol. The third kappa shape index (κ3) is 4.25. The van der Waals surface area contributed by atoms with Crippen molar-refractivity contribution in [1.82, 2.24) is 19.4 Å². The van der Waals surface area contributed by atoms with Crippen molar-refractivity contribution >= 4 is 16.9 Å². The monoisotopic (exact) mass is 374 g/mol. The molecule has 1 aliphatic rings. The molecule has 1 aromatic carbocycles. The fourth-order valence-electron chi connectivity index (χ4n) is 3.87. The van der Waals surface area contributed by atoms with Crippen LogP contribution in [0.2, 0.25) is 0 Å². The fraction of sp³-hybridized carbons (Fsp3) is 0.600. The van der Waals surface area contributed by atoms with Crippen LogP contribution in [-0.4, -0.2) is 62.8 Å². The Kier molecular flexibility index (Phi) is 5.72. The van der Waals surface area contributed by atoms with Crippen LogP contribution in [0, 0.1) is 5.92 Å². The number of hydrogen-bond acceptors (Lipinski definition) is 4. The zero-order chi connectivity index (χ0) is 19.7. The molecule has 7 heteroatoms. The Labute approximate surface area is 159 Å². The van der Waals surface area contributed by atoms with E-state index >= 15 is 0 Å². The number of H-pyrrole nitrogens is 1. The summed E-state index contributed by atoms with van der Waals surface area (Å²) in [7, 11) is 3.57. The third-order valence-corrected chi connectivity index (χ3v) is 5.46. The highest BCUT2D eigenvalue weighted by Gasteiger charge is 2.32. The largest absolute Gasteiger partial charge is 0.392 e. The maximum absolute atomic E-state index is 12.9. The Morgan fingerprint density at radius 1 is 1.41 bits per heavy atom. The molecule has 3 rings (SSSR count). The summed E-state index contributed by atoms with van der Waals surface area (Å²) in [6, 6.07) is 5.65. The van der Waals surface area contributed by atoms with Crippen molar-refractivity contribution in [2.45, 2.75) is 45.4 Å². The SMILES string of the molecule is CC(C)CC(N1CC[C@H](O)C1)N(C)C(=O)Cc1ccc2c(c1)[nH]c(=O)n2C. The van der Waals surface area contributed by atoms with Crippen LogP contribution in [0.1, 0.15) is 32.3 Å². The van der Waals surface area contributed by atoms with Gasteiger partial charge in [0.25, 0.3) is 0 Å². The molecule has 0 saturated carbocycles. The van der Waals surface area contributed by atoms with Crippen LogP contribution in [0.15, 0.2) is 23.0 Å². The van der Waals surface area contributed by atoms with E-state index in [-0.39, 0.29) is 30.3 Å². The number of aliphatic hydroxyl groups is 1. The van der Waals surface area contributed by atoms with E-state index in [1.165, 1.54) is 0 Å². The first kappa shape index (κ1) is 19.6. The predicted octanol–water partition coefficient (Wildman–Crippen LogP) is 1.31. The number of hydrogen-bond donors (Lipinski definition) is 2. The van der Waals surface area contributed by atoms with Crippen molar-refractivity contribution in [2.24, 2.45) is 13.0 Å². The smallest absolute Gasteiger partial charge is 0.326 e. The zero-order valence-corrected chi connectivity index (χ0v) is 16.6. The molecular weight excluding hydrogens is 344 g/mol. The van der Waals surface area contributed by atoms with Crippen LogP contribution < -0.4 is 5.69 Å². The number of aromatic nitrogens is 2. The zero-order valence-electron chi connectivity index (χ0n) is 16.6. The quantitative estimate of drug-likeness (QED) is 0.799. The van der Waals surface area contributed by atoms with E-state index < -0.39 is 0 Å². The summed E-state index contributed by atoms with van der Waals surface area (Å²) >= 11 is 0. The molecule has 0 aliphatic carbocycles. The summed E-state index contributed by atoms with van der Waals surface area (Å²) in [6.07, 6.45) is 1.61. The van der Waals surface area contributed by atoms with Gasteiger partial charge in [-0.1, -0.05) is 19.9 Å². The number of benzene rings is 1. The topological polar surface area (TPSA) is 81.6 Å². The van der Waals surface area contributed by atoms with Crippen molar-refractivity contribution in [3.63, 3.8) is 0 Å². The lowest BCUT2D eigenvalue weighted by Gasteiger charge is -2.36. The lowest BCUT2D eigenvalue weighted by atomic mass is 10.1. The van der Waals surface area contributed by atoms with Crippen molar-refractivity contribution in [3.05, 3.63) is 34.2 Å². The van der Waals surface area contributed by atoms with E-state index in [4.69, 9.17) is 0 Å². The maximum atomic E-state index is 12.9. The Morgan fingerprint density at radius 3 is 2.78 bits per heavy atom. The van der Waals surface area contributed by atoms with Crippen LogP contribution in [0.25, 0.3) is 11.0 Å². The molecule has 0 spiro atoms. The maximum Gasteiger partial charge on any atom is 0.326 e. The van der Waals surface area contributed by atoms with E-state index in [0.29, 0.717) is 12.5 Å². The molecule has 2 aromatic rings. The Bertz CT molecular complexity index is 870. The number of β-amino-alcohol motifs (C(OH)–C–C–N with tert-alkyl or cyclic N) is 1. The van der Waals surface area contributed by atoms with Crippen molar-refractivity contribution < 1.29 is 9.90 Å². The van der Waals surface area contributed by atoms with Gasteiger partial charge in [-0.15, -0.1) is 0 Å². The number of carbonyl (C=O) groups excluding carboxylic acids is 1. The van der Waals surface area contributed by atoms with Gasteiger partial charge in [0.1, 0.15) is 0 Å². The summed E-state index contributed by atoms with van der Waals surface area (Å²) in [4.78, 5) is 31.5. The first-order valence-corrected chi connectivity index (χ1v) is 9.61. The molecule has 148 valence electrons. The van der Waals surface area contributed by atoms with Gasteiger partial charge in [0.15, 0.2) is 0 Å². The molecule has 0 bridgehead atoms. The molecule has 7 nitrogen and oxygen atoms in total. The van der Waals surface area contributed by atoms with E-state index in [2.05, 4.69) is 23.7 Å². The molecule has 1 amide bonds. The number of nitrogens with one attached hydrogen (secondary N) is 1. The number of carbonyl (C=O) groups is 1. The van der Waals surface area contributed by atoms with Crippen LogP contribution in [-0.2, 0) is 18.3 Å². The summed E-state index contributed by atoms with van der Waals surface area (Å²) < 4.78 is 1.56. The second kappa shape index (κ2) is 7.86. The van der Waals surface area contributed by atoms with Crippen LogP contribution in [0.3, 0.4) is 0 Å².